The number of hydrogen-bond acceptors (Lipinski definition) is 5. The molecule has 1 N–H and O–H groups in total. The maximum Gasteiger partial charge on any atom is 0.225 e. The van der Waals surface area contributed by atoms with E-state index in [-0.39, 0.29) is 5.91 Å². The quantitative estimate of drug-likeness (QED) is 0.340. The molecule has 0 saturated heterocycles. The topological polar surface area (TPSA) is 67.8 Å². The molecule has 0 atom stereocenters. The molecule has 0 bridgehead atoms. The molecule has 0 saturated carbocycles. The SMILES string of the molecule is O=C(CCSc1nnc2c(n1)-c1cccc3cccc-2c13)Nc1cccc2ccccc12. The molecule has 1 amide bonds. The van der Waals surface area contributed by atoms with Gasteiger partial charge < -0.3 is 5.32 Å². The van der Waals surface area contributed by atoms with Crippen LogP contribution in [0, 0.1) is 0 Å². The van der Waals surface area contributed by atoms with Crippen molar-refractivity contribution in [3.05, 3.63) is 78.9 Å². The molecule has 1 heterocycles. The summed E-state index contributed by atoms with van der Waals surface area (Å²) in [6, 6.07) is 26.4. The van der Waals surface area contributed by atoms with Crippen LogP contribution in [-0.2, 0) is 4.79 Å². The Kier molecular flexibility index (Phi) is 4.58. The number of rotatable bonds is 5. The number of fused-ring (bicyclic) bond motifs is 4. The lowest BCUT2D eigenvalue weighted by Gasteiger charge is -2.08. The van der Waals surface area contributed by atoms with E-state index in [1.54, 1.807) is 0 Å². The highest BCUT2D eigenvalue weighted by Gasteiger charge is 2.24. The molecule has 0 fully saturated rings. The molecule has 1 aromatic heterocycles. The Morgan fingerprint density at radius 1 is 0.781 bits per heavy atom. The molecular formula is C26H18N4OS. The van der Waals surface area contributed by atoms with Gasteiger partial charge in [-0.3, -0.25) is 4.79 Å². The van der Waals surface area contributed by atoms with Crippen LogP contribution in [0.5, 0.6) is 0 Å². The van der Waals surface area contributed by atoms with Gasteiger partial charge in [-0.05, 0) is 16.8 Å². The van der Waals surface area contributed by atoms with Crippen molar-refractivity contribution in [2.24, 2.45) is 0 Å². The molecule has 1 aliphatic carbocycles. The molecule has 5 aromatic rings. The van der Waals surface area contributed by atoms with Crippen molar-refractivity contribution in [3.8, 4) is 22.5 Å². The molecule has 4 aromatic carbocycles. The van der Waals surface area contributed by atoms with Gasteiger partial charge >= 0.3 is 0 Å². The number of carbonyl (C=O) groups is 1. The first-order valence-corrected chi connectivity index (χ1v) is 11.4. The average molecular weight is 435 g/mol. The first-order chi connectivity index (χ1) is 15.8. The molecule has 0 unspecified atom stereocenters. The number of nitrogens with zero attached hydrogens (tertiary/aromatic N) is 3. The van der Waals surface area contributed by atoms with Gasteiger partial charge in [0.1, 0.15) is 11.4 Å². The minimum Gasteiger partial charge on any atom is -0.325 e. The number of thioether (sulfide) groups is 1. The lowest BCUT2D eigenvalue weighted by molar-refractivity contribution is -0.115. The summed E-state index contributed by atoms with van der Waals surface area (Å²) in [5.41, 5.74) is 4.71. The van der Waals surface area contributed by atoms with Crippen molar-refractivity contribution in [1.29, 1.82) is 0 Å². The van der Waals surface area contributed by atoms with E-state index in [1.165, 1.54) is 22.5 Å². The zero-order chi connectivity index (χ0) is 21.5. The van der Waals surface area contributed by atoms with Crippen LogP contribution in [0.4, 0.5) is 5.69 Å². The maximum atomic E-state index is 12.5. The van der Waals surface area contributed by atoms with Crippen LogP contribution < -0.4 is 5.32 Å². The number of hydrogen-bond donors (Lipinski definition) is 1. The Labute approximate surface area is 188 Å². The second-order valence-corrected chi connectivity index (χ2v) is 8.74. The number of anilines is 1. The van der Waals surface area contributed by atoms with Crippen molar-refractivity contribution in [1.82, 2.24) is 15.2 Å². The van der Waals surface area contributed by atoms with Crippen molar-refractivity contribution >= 4 is 44.9 Å². The fraction of sp³-hybridized carbons (Fsp3) is 0.0769. The van der Waals surface area contributed by atoms with Crippen LogP contribution in [0.1, 0.15) is 6.42 Å². The van der Waals surface area contributed by atoms with Crippen molar-refractivity contribution < 1.29 is 4.79 Å². The Bertz CT molecular complexity index is 1500. The molecule has 32 heavy (non-hydrogen) atoms. The van der Waals surface area contributed by atoms with Gasteiger partial charge in [0, 0.05) is 39.8 Å². The predicted molar refractivity (Wildman–Crippen MR) is 130 cm³/mol. The Morgan fingerprint density at radius 2 is 1.50 bits per heavy atom. The van der Waals surface area contributed by atoms with Gasteiger partial charge in [-0.2, -0.15) is 0 Å². The predicted octanol–water partition coefficient (Wildman–Crippen LogP) is 5.95. The number of aromatic nitrogens is 3. The zero-order valence-corrected chi connectivity index (χ0v) is 17.9. The van der Waals surface area contributed by atoms with Gasteiger partial charge in [-0.1, -0.05) is 84.6 Å². The van der Waals surface area contributed by atoms with E-state index in [1.807, 2.05) is 54.6 Å². The van der Waals surface area contributed by atoms with Gasteiger partial charge in [0.05, 0.1) is 0 Å². The Hall–Kier alpha value is -3.77. The largest absolute Gasteiger partial charge is 0.325 e. The number of nitrogens with one attached hydrogen (secondary N) is 1. The second-order valence-electron chi connectivity index (χ2n) is 7.67. The van der Waals surface area contributed by atoms with Gasteiger partial charge in [0.2, 0.25) is 11.1 Å². The number of benzene rings is 4. The third-order valence-electron chi connectivity index (χ3n) is 5.71. The molecule has 6 heteroatoms. The number of amides is 1. The average Bonchev–Trinajstić information content (AvgIpc) is 3.15. The fourth-order valence-corrected chi connectivity index (χ4v) is 4.98. The standard InChI is InChI=1S/C26H18N4OS/c31-22(27-21-13-5-7-16-6-1-2-10-18(16)21)14-15-32-26-28-24-19-11-3-8-17-9-4-12-20(23(17)19)25(24)29-30-26/h1-13H,14-15H2,(H,27,31). The highest BCUT2D eigenvalue weighted by Crippen LogP contribution is 2.44. The molecule has 6 rings (SSSR count). The summed E-state index contributed by atoms with van der Waals surface area (Å²) in [6.45, 7) is 0. The lowest BCUT2D eigenvalue weighted by Crippen LogP contribution is -2.12. The van der Waals surface area contributed by atoms with E-state index in [0.29, 0.717) is 17.3 Å². The maximum absolute atomic E-state index is 12.5. The highest BCUT2D eigenvalue weighted by atomic mass is 32.2. The van der Waals surface area contributed by atoms with Gasteiger partial charge in [-0.15, -0.1) is 10.2 Å². The first kappa shape index (κ1) is 19.0. The van der Waals surface area contributed by atoms with Crippen molar-refractivity contribution in [3.63, 3.8) is 0 Å². The number of carbonyl (C=O) groups excluding carboxylic acids is 1. The van der Waals surface area contributed by atoms with E-state index in [9.17, 15) is 4.79 Å². The first-order valence-electron chi connectivity index (χ1n) is 10.5. The highest BCUT2D eigenvalue weighted by molar-refractivity contribution is 7.99. The summed E-state index contributed by atoms with van der Waals surface area (Å²) < 4.78 is 0. The normalized spacial score (nSPS) is 11.6. The van der Waals surface area contributed by atoms with Crippen LogP contribution in [0.2, 0.25) is 0 Å². The van der Waals surface area contributed by atoms with E-state index < -0.39 is 0 Å². The Balaban J connectivity index is 1.16. The minimum absolute atomic E-state index is 0.0276. The fourth-order valence-electron chi connectivity index (χ4n) is 4.26. The smallest absolute Gasteiger partial charge is 0.225 e. The van der Waals surface area contributed by atoms with E-state index >= 15 is 0 Å². The van der Waals surface area contributed by atoms with E-state index in [2.05, 4.69) is 39.8 Å². The molecular weight excluding hydrogens is 416 g/mol. The van der Waals surface area contributed by atoms with Crippen LogP contribution in [0.25, 0.3) is 44.1 Å². The summed E-state index contributed by atoms with van der Waals surface area (Å²) in [6.07, 6.45) is 0.365. The summed E-state index contributed by atoms with van der Waals surface area (Å²) in [7, 11) is 0. The van der Waals surface area contributed by atoms with Crippen molar-refractivity contribution in [2.75, 3.05) is 11.1 Å². The third kappa shape index (κ3) is 3.20. The molecule has 0 radical (unpaired) electrons. The van der Waals surface area contributed by atoms with Crippen LogP contribution in [-0.4, -0.2) is 26.8 Å². The van der Waals surface area contributed by atoms with Gasteiger partial charge in [0.15, 0.2) is 0 Å². The third-order valence-corrected chi connectivity index (χ3v) is 6.55. The molecule has 154 valence electrons. The summed E-state index contributed by atoms with van der Waals surface area (Å²) in [5, 5.41) is 16.9. The second kappa shape index (κ2) is 7.73. The summed E-state index contributed by atoms with van der Waals surface area (Å²) >= 11 is 1.45. The van der Waals surface area contributed by atoms with Gasteiger partial charge in [-0.25, -0.2) is 4.98 Å². The van der Waals surface area contributed by atoms with E-state index in [4.69, 9.17) is 4.98 Å². The summed E-state index contributed by atoms with van der Waals surface area (Å²) in [4.78, 5) is 17.3. The molecule has 5 nitrogen and oxygen atoms in total. The van der Waals surface area contributed by atoms with E-state index in [0.717, 1.165) is 39.0 Å². The lowest BCUT2D eigenvalue weighted by atomic mass is 10.0. The molecule has 1 aliphatic rings. The molecule has 0 aliphatic heterocycles. The van der Waals surface area contributed by atoms with Crippen LogP contribution in [0.3, 0.4) is 0 Å². The summed E-state index contributed by atoms with van der Waals surface area (Å²) in [5.74, 6) is 0.550. The van der Waals surface area contributed by atoms with Crippen molar-refractivity contribution in [2.45, 2.75) is 11.6 Å². The zero-order valence-electron chi connectivity index (χ0n) is 17.1. The van der Waals surface area contributed by atoms with Crippen LogP contribution >= 0.6 is 11.8 Å². The van der Waals surface area contributed by atoms with Crippen LogP contribution in [0.15, 0.2) is 84.0 Å². The minimum atomic E-state index is -0.0276. The monoisotopic (exact) mass is 434 g/mol. The van der Waals surface area contributed by atoms with Gasteiger partial charge in [0.25, 0.3) is 0 Å². The Morgan fingerprint density at radius 3 is 2.38 bits per heavy atom. The molecule has 0 spiro atoms.